The van der Waals surface area contributed by atoms with Crippen molar-refractivity contribution >= 4 is 40.7 Å². The first kappa shape index (κ1) is 19.4. The van der Waals surface area contributed by atoms with Gasteiger partial charge in [-0.2, -0.15) is 5.10 Å². The number of aromatic hydroxyl groups is 1. The van der Waals surface area contributed by atoms with Gasteiger partial charge in [-0.05, 0) is 54.1 Å². The van der Waals surface area contributed by atoms with E-state index >= 15 is 0 Å². The third-order valence-electron chi connectivity index (χ3n) is 3.87. The number of ether oxygens (including phenoxy) is 1. The fraction of sp³-hybridized carbons (Fsp3) is 0.158. The number of hydrogen-bond donors (Lipinski definition) is 2. The number of carboxylic acid groups (broad SMARTS) is 1. The van der Waals surface area contributed by atoms with Gasteiger partial charge in [-0.25, -0.2) is 0 Å². The predicted octanol–water partition coefficient (Wildman–Crippen LogP) is 2.71. The van der Waals surface area contributed by atoms with Gasteiger partial charge in [0.15, 0.2) is 5.17 Å². The van der Waals surface area contributed by atoms with E-state index in [0.29, 0.717) is 5.69 Å². The van der Waals surface area contributed by atoms with Gasteiger partial charge in [-0.15, -0.1) is 5.10 Å². The van der Waals surface area contributed by atoms with Crippen molar-refractivity contribution in [2.24, 2.45) is 10.2 Å². The molecule has 28 heavy (non-hydrogen) atoms. The maximum Gasteiger partial charge on any atom is 0.305 e. The number of rotatable bonds is 6. The summed E-state index contributed by atoms with van der Waals surface area (Å²) in [7, 11) is 1.58. The fourth-order valence-electron chi connectivity index (χ4n) is 2.50. The molecule has 8 nitrogen and oxygen atoms in total. The number of phenolic OH excluding ortho intramolecular Hbond substituents is 1. The van der Waals surface area contributed by atoms with Crippen LogP contribution in [0.25, 0.3) is 0 Å². The highest BCUT2D eigenvalue weighted by Crippen LogP contribution is 2.34. The molecule has 0 spiro atoms. The average Bonchev–Trinajstić information content (AvgIpc) is 2.98. The lowest BCUT2D eigenvalue weighted by Crippen LogP contribution is -2.32. The molecule has 9 heteroatoms. The lowest BCUT2D eigenvalue weighted by Gasteiger charge is -2.15. The van der Waals surface area contributed by atoms with Gasteiger partial charge in [0.05, 0.1) is 25.4 Å². The van der Waals surface area contributed by atoms with Crippen LogP contribution in [0, 0.1) is 0 Å². The summed E-state index contributed by atoms with van der Waals surface area (Å²) in [5.74, 6) is -0.687. The molecule has 2 N–H and O–H groups in total. The van der Waals surface area contributed by atoms with E-state index in [1.165, 1.54) is 23.2 Å². The summed E-state index contributed by atoms with van der Waals surface area (Å²) in [6, 6.07) is 13.2. The van der Waals surface area contributed by atoms with E-state index in [0.717, 1.165) is 23.1 Å². The van der Waals surface area contributed by atoms with Crippen LogP contribution >= 0.6 is 11.8 Å². The lowest BCUT2D eigenvalue weighted by molar-refractivity contribution is -0.138. The van der Waals surface area contributed by atoms with Crippen molar-refractivity contribution in [1.29, 1.82) is 0 Å². The summed E-state index contributed by atoms with van der Waals surface area (Å²) in [4.78, 5) is 25.0. The van der Waals surface area contributed by atoms with Gasteiger partial charge in [0, 0.05) is 0 Å². The second-order valence-electron chi connectivity index (χ2n) is 5.79. The second kappa shape index (κ2) is 8.57. The van der Waals surface area contributed by atoms with Gasteiger partial charge in [0.2, 0.25) is 5.91 Å². The Morgan fingerprint density at radius 3 is 2.50 bits per heavy atom. The van der Waals surface area contributed by atoms with E-state index < -0.39 is 17.1 Å². The van der Waals surface area contributed by atoms with Crippen molar-refractivity contribution in [3.05, 3.63) is 54.1 Å². The molecule has 2 aromatic rings. The Hall–Kier alpha value is -3.33. The van der Waals surface area contributed by atoms with Gasteiger partial charge in [0.1, 0.15) is 16.7 Å². The molecule has 1 fully saturated rings. The molecule has 1 saturated heterocycles. The largest absolute Gasteiger partial charge is 0.508 e. The Balaban J connectivity index is 1.86. The number of anilines is 1. The monoisotopic (exact) mass is 399 g/mol. The number of carboxylic acids is 1. The van der Waals surface area contributed by atoms with E-state index in [1.54, 1.807) is 43.5 Å². The third kappa shape index (κ3) is 4.49. The molecule has 0 saturated carbocycles. The first-order valence-corrected chi connectivity index (χ1v) is 9.12. The Labute approximate surface area is 165 Å². The standard InChI is InChI=1S/C19H17N3O5S/c1-27-15-8-2-12(3-9-15)11-20-21-19-22(13-4-6-14(23)7-5-13)18(26)16(28-19)10-17(24)25/h2-9,11,16,23H,10H2,1H3,(H,24,25)/b20-11-,21-19-/t16-/m0/s1. The molecule has 1 amide bonds. The van der Waals surface area contributed by atoms with Gasteiger partial charge in [-0.1, -0.05) is 11.8 Å². The van der Waals surface area contributed by atoms with Crippen molar-refractivity contribution in [3.8, 4) is 11.5 Å². The molecule has 0 aliphatic carbocycles. The Kier molecular flexibility index (Phi) is 5.95. The van der Waals surface area contributed by atoms with Crippen LogP contribution < -0.4 is 9.64 Å². The number of carbonyl (C=O) groups is 2. The van der Waals surface area contributed by atoms with Crippen LogP contribution in [-0.2, 0) is 9.59 Å². The van der Waals surface area contributed by atoms with E-state index in [4.69, 9.17) is 9.84 Å². The number of benzene rings is 2. The molecular formula is C19H17N3O5S. The third-order valence-corrected chi connectivity index (χ3v) is 5.00. The minimum absolute atomic E-state index is 0.0566. The Morgan fingerprint density at radius 2 is 1.89 bits per heavy atom. The first-order chi connectivity index (χ1) is 13.5. The molecular weight excluding hydrogens is 382 g/mol. The summed E-state index contributed by atoms with van der Waals surface area (Å²) < 4.78 is 5.10. The van der Waals surface area contributed by atoms with Crippen molar-refractivity contribution < 1.29 is 24.5 Å². The van der Waals surface area contributed by atoms with Crippen molar-refractivity contribution in [2.75, 3.05) is 12.0 Å². The normalized spacial score (nSPS) is 18.2. The van der Waals surface area contributed by atoms with Crippen LogP contribution in [0.3, 0.4) is 0 Å². The molecule has 0 aromatic heterocycles. The molecule has 1 aliphatic rings. The summed E-state index contributed by atoms with van der Waals surface area (Å²) in [5, 5.41) is 26.1. The summed E-state index contributed by atoms with van der Waals surface area (Å²) in [6.07, 6.45) is 1.20. The zero-order valence-corrected chi connectivity index (χ0v) is 15.7. The number of nitrogens with zero attached hydrogens (tertiary/aromatic N) is 3. The quantitative estimate of drug-likeness (QED) is 0.571. The molecule has 1 atom stereocenters. The van der Waals surface area contributed by atoms with Crippen LogP contribution in [0.4, 0.5) is 5.69 Å². The molecule has 1 aliphatic heterocycles. The minimum Gasteiger partial charge on any atom is -0.508 e. The van der Waals surface area contributed by atoms with Crippen LogP contribution in [0.2, 0.25) is 0 Å². The number of thioether (sulfide) groups is 1. The van der Waals surface area contributed by atoms with Gasteiger partial charge in [0.25, 0.3) is 0 Å². The predicted molar refractivity (Wildman–Crippen MR) is 107 cm³/mol. The highest BCUT2D eigenvalue weighted by atomic mass is 32.2. The van der Waals surface area contributed by atoms with E-state index in [2.05, 4.69) is 10.2 Å². The van der Waals surface area contributed by atoms with E-state index in [-0.39, 0.29) is 17.3 Å². The van der Waals surface area contributed by atoms with Gasteiger partial charge >= 0.3 is 5.97 Å². The van der Waals surface area contributed by atoms with Crippen LogP contribution in [0.15, 0.2) is 58.7 Å². The number of methoxy groups -OCH3 is 1. The van der Waals surface area contributed by atoms with Gasteiger partial charge < -0.3 is 14.9 Å². The number of aliphatic carboxylic acids is 1. The Bertz CT molecular complexity index is 926. The number of amides is 1. The first-order valence-electron chi connectivity index (χ1n) is 8.24. The SMILES string of the molecule is COc1ccc(/C=N\N=C2/S[C@@H](CC(=O)O)C(=O)N2c2ccc(O)cc2)cc1. The van der Waals surface area contributed by atoms with Crippen LogP contribution in [0.1, 0.15) is 12.0 Å². The number of carbonyl (C=O) groups excluding carboxylic acids is 1. The molecule has 1 heterocycles. The highest BCUT2D eigenvalue weighted by Gasteiger charge is 2.40. The molecule has 0 radical (unpaired) electrons. The second-order valence-corrected chi connectivity index (χ2v) is 6.96. The lowest BCUT2D eigenvalue weighted by atomic mass is 10.2. The molecule has 144 valence electrons. The molecule has 3 rings (SSSR count). The highest BCUT2D eigenvalue weighted by molar-refractivity contribution is 8.16. The Morgan fingerprint density at radius 1 is 1.21 bits per heavy atom. The summed E-state index contributed by atoms with van der Waals surface area (Å²) in [6.45, 7) is 0. The van der Waals surface area contributed by atoms with Crippen molar-refractivity contribution in [3.63, 3.8) is 0 Å². The van der Waals surface area contributed by atoms with Crippen molar-refractivity contribution in [2.45, 2.75) is 11.7 Å². The van der Waals surface area contributed by atoms with E-state index in [9.17, 15) is 14.7 Å². The maximum atomic E-state index is 12.7. The molecule has 0 bridgehead atoms. The smallest absolute Gasteiger partial charge is 0.305 e. The zero-order chi connectivity index (χ0) is 20.1. The van der Waals surface area contributed by atoms with Crippen LogP contribution in [-0.4, -0.2) is 45.8 Å². The molecule has 2 aromatic carbocycles. The summed E-state index contributed by atoms with van der Waals surface area (Å²) in [5.41, 5.74) is 1.26. The number of hydrogen-bond acceptors (Lipinski definition) is 7. The van der Waals surface area contributed by atoms with Crippen LogP contribution in [0.5, 0.6) is 11.5 Å². The number of phenols is 1. The van der Waals surface area contributed by atoms with E-state index in [1.807, 2.05) is 0 Å². The topological polar surface area (TPSA) is 112 Å². The average molecular weight is 399 g/mol. The van der Waals surface area contributed by atoms with Crippen molar-refractivity contribution in [1.82, 2.24) is 0 Å². The number of amidine groups is 1. The molecule has 0 unspecified atom stereocenters. The summed E-state index contributed by atoms with van der Waals surface area (Å²) >= 11 is 1.04. The maximum absolute atomic E-state index is 12.7. The van der Waals surface area contributed by atoms with Gasteiger partial charge in [-0.3, -0.25) is 14.5 Å². The fourth-order valence-corrected chi connectivity index (χ4v) is 3.58. The zero-order valence-electron chi connectivity index (χ0n) is 14.8. The minimum atomic E-state index is -1.07.